The van der Waals surface area contributed by atoms with Crippen molar-refractivity contribution in [2.45, 2.75) is 20.8 Å². The number of amides is 1. The molecule has 4 N–H and O–H groups in total. The van der Waals surface area contributed by atoms with Gasteiger partial charge in [0.15, 0.2) is 5.43 Å². The van der Waals surface area contributed by atoms with Gasteiger partial charge in [0.1, 0.15) is 5.56 Å². The number of rotatable bonds is 4. The average molecular weight is 237 g/mol. The third-order valence-electron chi connectivity index (χ3n) is 2.58. The maximum absolute atomic E-state index is 11.8. The van der Waals surface area contributed by atoms with Crippen molar-refractivity contribution in [3.05, 3.63) is 33.7 Å². The molecule has 0 aliphatic carbocycles. The predicted molar refractivity (Wildman–Crippen MR) is 67.0 cm³/mol. The molecule has 1 amide bonds. The highest BCUT2D eigenvalue weighted by molar-refractivity contribution is 5.93. The van der Waals surface area contributed by atoms with E-state index in [-0.39, 0.29) is 22.3 Å². The fourth-order valence-corrected chi connectivity index (χ4v) is 1.24. The lowest BCUT2D eigenvalue weighted by Crippen LogP contribution is -2.39. The van der Waals surface area contributed by atoms with Crippen LogP contribution in [0, 0.1) is 12.3 Å². The summed E-state index contributed by atoms with van der Waals surface area (Å²) in [5.41, 5.74) is 5.97. The first-order chi connectivity index (χ1) is 7.85. The first kappa shape index (κ1) is 13.4. The average Bonchev–Trinajstić information content (AvgIpc) is 2.26. The number of pyridine rings is 1. The number of carbonyl (C=O) groups is 1. The Morgan fingerprint density at radius 3 is 2.71 bits per heavy atom. The molecule has 17 heavy (non-hydrogen) atoms. The second kappa shape index (κ2) is 5.14. The van der Waals surface area contributed by atoms with Crippen molar-refractivity contribution in [1.29, 1.82) is 0 Å². The van der Waals surface area contributed by atoms with E-state index in [0.29, 0.717) is 13.1 Å². The summed E-state index contributed by atoms with van der Waals surface area (Å²) in [6, 6.07) is 1.41. The largest absolute Gasteiger partial charge is 0.364 e. The summed E-state index contributed by atoms with van der Waals surface area (Å²) in [6.45, 7) is 6.58. The van der Waals surface area contributed by atoms with Crippen LogP contribution < -0.4 is 16.5 Å². The molecule has 0 atom stereocenters. The highest BCUT2D eigenvalue weighted by Crippen LogP contribution is 2.10. The lowest BCUT2D eigenvalue weighted by Gasteiger charge is -2.22. The zero-order valence-electron chi connectivity index (χ0n) is 10.5. The van der Waals surface area contributed by atoms with E-state index >= 15 is 0 Å². The van der Waals surface area contributed by atoms with Crippen LogP contribution in [0.4, 0.5) is 0 Å². The van der Waals surface area contributed by atoms with Gasteiger partial charge in [-0.25, -0.2) is 0 Å². The Hall–Kier alpha value is -1.62. The number of H-pyrrole nitrogens is 1. The lowest BCUT2D eigenvalue weighted by atomic mass is 9.94. The van der Waals surface area contributed by atoms with E-state index in [9.17, 15) is 9.59 Å². The summed E-state index contributed by atoms with van der Waals surface area (Å²) in [7, 11) is 0. The first-order valence-corrected chi connectivity index (χ1v) is 5.53. The van der Waals surface area contributed by atoms with Crippen molar-refractivity contribution in [3.63, 3.8) is 0 Å². The molecule has 5 heteroatoms. The van der Waals surface area contributed by atoms with Crippen molar-refractivity contribution in [2.75, 3.05) is 13.1 Å². The van der Waals surface area contributed by atoms with E-state index in [1.165, 1.54) is 12.3 Å². The van der Waals surface area contributed by atoms with Crippen LogP contribution in [-0.2, 0) is 0 Å². The van der Waals surface area contributed by atoms with Gasteiger partial charge in [0.25, 0.3) is 5.91 Å². The van der Waals surface area contributed by atoms with Crippen LogP contribution in [0.3, 0.4) is 0 Å². The molecule has 1 aromatic heterocycles. The Balaban J connectivity index is 2.74. The third kappa shape index (κ3) is 3.71. The summed E-state index contributed by atoms with van der Waals surface area (Å²) >= 11 is 0. The molecule has 0 saturated carbocycles. The molecule has 0 aliphatic heterocycles. The molecule has 1 aromatic rings. The van der Waals surface area contributed by atoms with Crippen molar-refractivity contribution < 1.29 is 4.79 Å². The quantitative estimate of drug-likeness (QED) is 0.708. The Bertz CT molecular complexity index is 463. The molecule has 0 unspecified atom stereocenters. The maximum Gasteiger partial charge on any atom is 0.256 e. The first-order valence-electron chi connectivity index (χ1n) is 5.53. The van der Waals surface area contributed by atoms with Crippen molar-refractivity contribution in [3.8, 4) is 0 Å². The van der Waals surface area contributed by atoms with Gasteiger partial charge in [-0.15, -0.1) is 0 Å². The lowest BCUT2D eigenvalue weighted by molar-refractivity contribution is 0.0936. The van der Waals surface area contributed by atoms with E-state index in [4.69, 9.17) is 5.73 Å². The van der Waals surface area contributed by atoms with Gasteiger partial charge in [0.2, 0.25) is 0 Å². The molecule has 0 aromatic carbocycles. The number of nitrogens with two attached hydrogens (primary N) is 1. The van der Waals surface area contributed by atoms with Crippen LogP contribution in [0.15, 0.2) is 17.1 Å². The molecule has 94 valence electrons. The van der Waals surface area contributed by atoms with Crippen molar-refractivity contribution in [1.82, 2.24) is 10.3 Å². The predicted octanol–water partition coefficient (Wildman–Crippen LogP) is 0.398. The van der Waals surface area contributed by atoms with Gasteiger partial charge in [-0.3, -0.25) is 9.59 Å². The molecule has 0 spiro atoms. The number of carbonyl (C=O) groups excluding carboxylic acids is 1. The number of aromatic amines is 1. The minimum absolute atomic E-state index is 0.128. The number of hydrogen-bond donors (Lipinski definition) is 3. The van der Waals surface area contributed by atoms with Crippen LogP contribution in [-0.4, -0.2) is 24.0 Å². The highest BCUT2D eigenvalue weighted by Gasteiger charge is 2.18. The van der Waals surface area contributed by atoms with Gasteiger partial charge in [0.05, 0.1) is 0 Å². The summed E-state index contributed by atoms with van der Waals surface area (Å²) in [5, 5.41) is 2.71. The van der Waals surface area contributed by atoms with Gasteiger partial charge < -0.3 is 16.0 Å². The van der Waals surface area contributed by atoms with Crippen LogP contribution in [0.2, 0.25) is 0 Å². The normalized spacial score (nSPS) is 11.3. The Labute approximate surface area is 100 Å². The fraction of sp³-hybridized carbons (Fsp3) is 0.500. The van der Waals surface area contributed by atoms with E-state index in [2.05, 4.69) is 10.3 Å². The summed E-state index contributed by atoms with van der Waals surface area (Å²) in [6.07, 6.45) is 1.43. The highest BCUT2D eigenvalue weighted by atomic mass is 16.2. The summed E-state index contributed by atoms with van der Waals surface area (Å²) in [5.74, 6) is -0.368. The van der Waals surface area contributed by atoms with Gasteiger partial charge in [-0.1, -0.05) is 13.8 Å². The summed E-state index contributed by atoms with van der Waals surface area (Å²) in [4.78, 5) is 26.2. The Morgan fingerprint density at radius 1 is 1.53 bits per heavy atom. The Kier molecular flexibility index (Phi) is 4.07. The second-order valence-electron chi connectivity index (χ2n) is 4.94. The molecule has 0 fully saturated rings. The van der Waals surface area contributed by atoms with E-state index in [1.807, 2.05) is 13.8 Å². The van der Waals surface area contributed by atoms with Gasteiger partial charge in [0, 0.05) is 24.5 Å². The molecular weight excluding hydrogens is 218 g/mol. The van der Waals surface area contributed by atoms with Crippen LogP contribution in [0.25, 0.3) is 0 Å². The molecule has 1 heterocycles. The second-order valence-corrected chi connectivity index (χ2v) is 4.94. The minimum Gasteiger partial charge on any atom is -0.364 e. The van der Waals surface area contributed by atoms with Gasteiger partial charge in [-0.05, 0) is 18.9 Å². The van der Waals surface area contributed by atoms with E-state index in [1.54, 1.807) is 6.92 Å². The molecule has 0 bridgehead atoms. The number of nitrogens with one attached hydrogen (secondary N) is 2. The summed E-state index contributed by atoms with van der Waals surface area (Å²) < 4.78 is 0. The zero-order valence-corrected chi connectivity index (χ0v) is 10.5. The van der Waals surface area contributed by atoms with E-state index < -0.39 is 0 Å². The molecule has 1 rings (SSSR count). The van der Waals surface area contributed by atoms with Crippen LogP contribution in [0.1, 0.15) is 29.9 Å². The zero-order chi connectivity index (χ0) is 13.1. The fourth-order valence-electron chi connectivity index (χ4n) is 1.24. The standard InChI is InChI=1S/C12H19N3O2/c1-8-4-10(16)9(5-14-8)11(17)15-7-12(2,3)6-13/h4-5H,6-7,13H2,1-3H3,(H,14,16)(H,15,17). The van der Waals surface area contributed by atoms with Crippen molar-refractivity contribution >= 4 is 5.91 Å². The molecule has 5 nitrogen and oxygen atoms in total. The third-order valence-corrected chi connectivity index (χ3v) is 2.58. The monoisotopic (exact) mass is 237 g/mol. The van der Waals surface area contributed by atoms with Gasteiger partial charge in [-0.2, -0.15) is 0 Å². The smallest absolute Gasteiger partial charge is 0.256 e. The maximum atomic E-state index is 11.8. The minimum atomic E-state index is -0.368. The molecular formula is C12H19N3O2. The van der Waals surface area contributed by atoms with Crippen molar-refractivity contribution in [2.24, 2.45) is 11.1 Å². The van der Waals surface area contributed by atoms with Gasteiger partial charge >= 0.3 is 0 Å². The Morgan fingerprint density at radius 2 is 2.18 bits per heavy atom. The van der Waals surface area contributed by atoms with Crippen LogP contribution in [0.5, 0.6) is 0 Å². The number of hydrogen-bond acceptors (Lipinski definition) is 3. The van der Waals surface area contributed by atoms with Crippen LogP contribution >= 0.6 is 0 Å². The molecule has 0 aliphatic rings. The topological polar surface area (TPSA) is 88.0 Å². The molecule has 0 radical (unpaired) electrons. The SMILES string of the molecule is Cc1cc(=O)c(C(=O)NCC(C)(C)CN)c[nH]1. The number of aryl methyl sites for hydroxylation is 1. The van der Waals surface area contributed by atoms with E-state index in [0.717, 1.165) is 5.69 Å². The molecule has 0 saturated heterocycles. The number of aromatic nitrogens is 1.